The SMILES string of the molecule is Cc1ccc(Oc2nc(C3CC3)nc(NN)c2C)cc1. The summed E-state index contributed by atoms with van der Waals surface area (Å²) in [4.78, 5) is 8.97. The highest BCUT2D eigenvalue weighted by Gasteiger charge is 2.28. The third-order valence-electron chi connectivity index (χ3n) is 3.43. The number of ether oxygens (including phenoxy) is 1. The molecule has 0 spiro atoms. The van der Waals surface area contributed by atoms with Crippen molar-refractivity contribution < 1.29 is 4.74 Å². The number of benzene rings is 1. The van der Waals surface area contributed by atoms with Crippen LogP contribution >= 0.6 is 0 Å². The molecule has 5 heteroatoms. The average molecular weight is 270 g/mol. The van der Waals surface area contributed by atoms with Gasteiger partial charge in [-0.1, -0.05) is 17.7 Å². The second-order valence-electron chi connectivity index (χ2n) is 5.19. The highest BCUT2D eigenvalue weighted by molar-refractivity contribution is 5.49. The van der Waals surface area contributed by atoms with Crippen LogP contribution in [0.5, 0.6) is 11.6 Å². The van der Waals surface area contributed by atoms with E-state index in [-0.39, 0.29) is 0 Å². The fraction of sp³-hybridized carbons (Fsp3) is 0.333. The number of rotatable bonds is 4. The first-order chi connectivity index (χ1) is 9.67. The molecule has 1 aliphatic carbocycles. The van der Waals surface area contributed by atoms with Gasteiger partial charge in [0.15, 0.2) is 5.82 Å². The molecule has 0 aliphatic heterocycles. The van der Waals surface area contributed by atoms with Crippen molar-refractivity contribution in [2.45, 2.75) is 32.6 Å². The van der Waals surface area contributed by atoms with Crippen LogP contribution in [0.1, 0.15) is 35.7 Å². The van der Waals surface area contributed by atoms with Gasteiger partial charge in [0.05, 0.1) is 5.56 Å². The quantitative estimate of drug-likeness (QED) is 0.660. The van der Waals surface area contributed by atoms with Gasteiger partial charge in [0, 0.05) is 5.92 Å². The molecule has 0 saturated heterocycles. The molecule has 2 aromatic rings. The molecule has 0 unspecified atom stereocenters. The minimum atomic E-state index is 0.447. The van der Waals surface area contributed by atoms with Crippen molar-refractivity contribution >= 4 is 5.82 Å². The molecule has 3 N–H and O–H groups in total. The van der Waals surface area contributed by atoms with Gasteiger partial charge in [0.1, 0.15) is 11.6 Å². The second kappa shape index (κ2) is 5.09. The summed E-state index contributed by atoms with van der Waals surface area (Å²) in [6.45, 7) is 3.94. The maximum atomic E-state index is 5.88. The van der Waals surface area contributed by atoms with Crippen molar-refractivity contribution in [2.24, 2.45) is 5.84 Å². The predicted octanol–water partition coefficient (Wildman–Crippen LogP) is 3.05. The highest BCUT2D eigenvalue weighted by Crippen LogP contribution is 2.40. The van der Waals surface area contributed by atoms with Gasteiger partial charge in [-0.15, -0.1) is 0 Å². The molecule has 1 saturated carbocycles. The number of nitrogens with two attached hydrogens (primary N) is 1. The molecule has 1 aromatic heterocycles. The largest absolute Gasteiger partial charge is 0.439 e. The highest BCUT2D eigenvalue weighted by atomic mass is 16.5. The third-order valence-corrected chi connectivity index (χ3v) is 3.43. The van der Waals surface area contributed by atoms with Crippen LogP contribution in [-0.4, -0.2) is 9.97 Å². The molecule has 1 aromatic carbocycles. The summed E-state index contributed by atoms with van der Waals surface area (Å²) in [6, 6.07) is 7.89. The van der Waals surface area contributed by atoms with Crippen molar-refractivity contribution in [3.05, 3.63) is 41.2 Å². The molecular formula is C15H18N4O. The zero-order chi connectivity index (χ0) is 14.1. The molecule has 20 heavy (non-hydrogen) atoms. The number of aryl methyl sites for hydroxylation is 1. The lowest BCUT2D eigenvalue weighted by molar-refractivity contribution is 0.454. The van der Waals surface area contributed by atoms with Crippen LogP contribution in [0, 0.1) is 13.8 Å². The fourth-order valence-corrected chi connectivity index (χ4v) is 1.99. The topological polar surface area (TPSA) is 73.1 Å². The maximum Gasteiger partial charge on any atom is 0.227 e. The Morgan fingerprint density at radius 2 is 1.85 bits per heavy atom. The number of hydrazine groups is 1. The molecule has 1 heterocycles. The van der Waals surface area contributed by atoms with Crippen molar-refractivity contribution in [3.8, 4) is 11.6 Å². The zero-order valence-electron chi connectivity index (χ0n) is 11.7. The normalized spacial score (nSPS) is 14.2. The molecule has 5 nitrogen and oxygen atoms in total. The van der Waals surface area contributed by atoms with Crippen molar-refractivity contribution in [1.29, 1.82) is 0 Å². The molecule has 0 amide bonds. The van der Waals surface area contributed by atoms with Gasteiger partial charge in [0.25, 0.3) is 0 Å². The Morgan fingerprint density at radius 1 is 1.15 bits per heavy atom. The van der Waals surface area contributed by atoms with Gasteiger partial charge in [-0.25, -0.2) is 10.8 Å². The minimum absolute atomic E-state index is 0.447. The number of nitrogens with one attached hydrogen (secondary N) is 1. The van der Waals surface area contributed by atoms with E-state index in [0.717, 1.165) is 30.0 Å². The minimum Gasteiger partial charge on any atom is -0.439 e. The van der Waals surface area contributed by atoms with Crippen molar-refractivity contribution in [2.75, 3.05) is 5.43 Å². The van der Waals surface area contributed by atoms with E-state index >= 15 is 0 Å². The standard InChI is InChI=1S/C15H18N4O/c1-9-3-7-12(8-4-9)20-15-10(2)13(19-16)17-14(18-15)11-5-6-11/h3-4,7-8,11H,5-6,16H2,1-2H3,(H,17,18,19). The van der Waals surface area contributed by atoms with Crippen LogP contribution in [0.3, 0.4) is 0 Å². The van der Waals surface area contributed by atoms with Gasteiger partial charge in [-0.2, -0.15) is 4.98 Å². The first-order valence-corrected chi connectivity index (χ1v) is 6.77. The Hall–Kier alpha value is -2.14. The van der Waals surface area contributed by atoms with E-state index in [1.807, 2.05) is 38.1 Å². The van der Waals surface area contributed by atoms with E-state index in [2.05, 4.69) is 15.4 Å². The summed E-state index contributed by atoms with van der Waals surface area (Å²) in [7, 11) is 0. The van der Waals surface area contributed by atoms with Gasteiger partial charge < -0.3 is 10.2 Å². The third kappa shape index (κ3) is 2.58. The molecule has 0 bridgehead atoms. The summed E-state index contributed by atoms with van der Waals surface area (Å²) in [5.74, 6) is 8.75. The number of nitrogens with zero attached hydrogens (tertiary/aromatic N) is 2. The molecule has 104 valence electrons. The van der Waals surface area contributed by atoms with E-state index in [4.69, 9.17) is 10.6 Å². The van der Waals surface area contributed by atoms with E-state index in [1.165, 1.54) is 5.56 Å². The van der Waals surface area contributed by atoms with Crippen LogP contribution in [0.25, 0.3) is 0 Å². The Morgan fingerprint density at radius 3 is 2.45 bits per heavy atom. The van der Waals surface area contributed by atoms with Crippen molar-refractivity contribution in [3.63, 3.8) is 0 Å². The second-order valence-corrected chi connectivity index (χ2v) is 5.19. The molecule has 1 fully saturated rings. The maximum absolute atomic E-state index is 5.88. The lowest BCUT2D eigenvalue weighted by atomic mass is 10.2. The zero-order valence-corrected chi connectivity index (χ0v) is 11.7. The number of hydrogen-bond donors (Lipinski definition) is 2. The van der Waals surface area contributed by atoms with E-state index in [0.29, 0.717) is 17.6 Å². The summed E-state index contributed by atoms with van der Waals surface area (Å²) in [5.41, 5.74) is 4.63. The van der Waals surface area contributed by atoms with Gasteiger partial charge in [0.2, 0.25) is 5.88 Å². The summed E-state index contributed by atoms with van der Waals surface area (Å²) < 4.78 is 5.88. The lowest BCUT2D eigenvalue weighted by Crippen LogP contribution is -2.13. The van der Waals surface area contributed by atoms with E-state index in [1.54, 1.807) is 0 Å². The first kappa shape index (κ1) is 12.9. The fourth-order valence-electron chi connectivity index (χ4n) is 1.99. The van der Waals surface area contributed by atoms with E-state index < -0.39 is 0 Å². The van der Waals surface area contributed by atoms with Crippen LogP contribution in [0.4, 0.5) is 5.82 Å². The molecule has 3 rings (SSSR count). The molecule has 0 radical (unpaired) electrons. The van der Waals surface area contributed by atoms with Gasteiger partial charge in [-0.05, 0) is 38.8 Å². The number of anilines is 1. The summed E-state index contributed by atoms with van der Waals surface area (Å²) >= 11 is 0. The average Bonchev–Trinajstić information content (AvgIpc) is 3.28. The molecular weight excluding hydrogens is 252 g/mol. The van der Waals surface area contributed by atoms with Crippen LogP contribution in [-0.2, 0) is 0 Å². The Balaban J connectivity index is 1.94. The molecule has 1 aliphatic rings. The number of hydrogen-bond acceptors (Lipinski definition) is 5. The van der Waals surface area contributed by atoms with Gasteiger partial charge >= 0.3 is 0 Å². The van der Waals surface area contributed by atoms with Gasteiger partial charge in [-0.3, -0.25) is 0 Å². The van der Waals surface area contributed by atoms with Crippen molar-refractivity contribution in [1.82, 2.24) is 9.97 Å². The number of nitrogen functional groups attached to an aromatic ring is 1. The van der Waals surface area contributed by atoms with Crippen LogP contribution in [0.2, 0.25) is 0 Å². The summed E-state index contributed by atoms with van der Waals surface area (Å²) in [5, 5.41) is 0. The van der Waals surface area contributed by atoms with E-state index in [9.17, 15) is 0 Å². The number of aromatic nitrogens is 2. The summed E-state index contributed by atoms with van der Waals surface area (Å²) in [6.07, 6.45) is 2.27. The molecule has 0 atom stereocenters. The first-order valence-electron chi connectivity index (χ1n) is 6.77. The predicted molar refractivity (Wildman–Crippen MR) is 77.8 cm³/mol. The lowest BCUT2D eigenvalue weighted by Gasteiger charge is -2.12. The van der Waals surface area contributed by atoms with Crippen LogP contribution < -0.4 is 16.0 Å². The smallest absolute Gasteiger partial charge is 0.227 e. The monoisotopic (exact) mass is 270 g/mol. The van der Waals surface area contributed by atoms with Crippen LogP contribution in [0.15, 0.2) is 24.3 Å². The Labute approximate surface area is 118 Å². The Bertz CT molecular complexity index is 621. The Kier molecular flexibility index (Phi) is 3.28.